The molecule has 0 bridgehead atoms. The van der Waals surface area contributed by atoms with Gasteiger partial charge < -0.3 is 24.4 Å². The number of ether oxygens (including phenoxy) is 3. The predicted octanol–water partition coefficient (Wildman–Crippen LogP) is 5.43. The molecule has 3 aromatic carbocycles. The van der Waals surface area contributed by atoms with Crippen LogP contribution in [0.3, 0.4) is 0 Å². The number of benzene rings is 3. The monoisotopic (exact) mass is 566 g/mol. The maximum atomic E-state index is 15.1. The number of nitrogens with zero attached hydrogens (tertiary/aromatic N) is 1. The van der Waals surface area contributed by atoms with E-state index in [-0.39, 0.29) is 23.0 Å². The highest BCUT2D eigenvalue weighted by Gasteiger charge is 2.71. The normalized spacial score (nSPS) is 23.6. The first-order valence-corrected chi connectivity index (χ1v) is 13.9. The number of para-hydroxylation sites is 1. The lowest BCUT2D eigenvalue weighted by Crippen LogP contribution is -2.50. The van der Waals surface area contributed by atoms with Crippen LogP contribution in [0.2, 0.25) is 0 Å². The van der Waals surface area contributed by atoms with Gasteiger partial charge in [0, 0.05) is 22.9 Å². The summed E-state index contributed by atoms with van der Waals surface area (Å²) in [5.41, 5.74) is 1.23. The molecule has 216 valence electrons. The molecule has 0 saturated carbocycles. The minimum absolute atomic E-state index is 0.128. The highest BCUT2D eigenvalue weighted by Crippen LogP contribution is 2.62. The summed E-state index contributed by atoms with van der Waals surface area (Å²) in [7, 11) is 4.46. The van der Waals surface area contributed by atoms with Crippen molar-refractivity contribution in [3.63, 3.8) is 0 Å². The Balaban J connectivity index is 1.68. The molecule has 3 heterocycles. The number of carbonyl (C=O) groups excluding carboxylic acids is 3. The van der Waals surface area contributed by atoms with Crippen LogP contribution >= 0.6 is 0 Å². The Hall–Kier alpha value is -4.59. The molecule has 8 heteroatoms. The van der Waals surface area contributed by atoms with Crippen LogP contribution in [0.5, 0.6) is 17.2 Å². The van der Waals surface area contributed by atoms with Gasteiger partial charge in [0.25, 0.3) is 0 Å². The molecule has 1 saturated heterocycles. The van der Waals surface area contributed by atoms with Gasteiger partial charge in [0.1, 0.15) is 5.41 Å². The van der Waals surface area contributed by atoms with E-state index in [0.717, 1.165) is 11.1 Å². The van der Waals surface area contributed by atoms with Crippen LogP contribution in [0.25, 0.3) is 6.08 Å². The fourth-order valence-electron chi connectivity index (χ4n) is 7.01. The molecule has 6 rings (SSSR count). The van der Waals surface area contributed by atoms with Crippen LogP contribution in [0.4, 0.5) is 5.69 Å². The fourth-order valence-corrected chi connectivity index (χ4v) is 7.01. The smallest absolute Gasteiger partial charge is 0.238 e. The molecule has 1 amide bonds. The van der Waals surface area contributed by atoms with E-state index in [9.17, 15) is 9.59 Å². The summed E-state index contributed by atoms with van der Waals surface area (Å²) >= 11 is 0. The summed E-state index contributed by atoms with van der Waals surface area (Å²) in [6.45, 7) is 5.54. The highest BCUT2D eigenvalue weighted by atomic mass is 16.5. The molecule has 0 aromatic heterocycles. The zero-order valence-electron chi connectivity index (χ0n) is 24.6. The minimum Gasteiger partial charge on any atom is -0.493 e. The summed E-state index contributed by atoms with van der Waals surface area (Å²) in [5.74, 6) is -0.899. The Morgan fingerprint density at radius 3 is 2.19 bits per heavy atom. The van der Waals surface area contributed by atoms with Gasteiger partial charge in [-0.2, -0.15) is 0 Å². The summed E-state index contributed by atoms with van der Waals surface area (Å²) in [5, 5.41) is 3.07. The van der Waals surface area contributed by atoms with Gasteiger partial charge in [0.15, 0.2) is 23.1 Å². The van der Waals surface area contributed by atoms with Gasteiger partial charge in [-0.15, -0.1) is 0 Å². The first-order valence-electron chi connectivity index (χ1n) is 13.9. The van der Waals surface area contributed by atoms with Crippen molar-refractivity contribution in [2.75, 3.05) is 26.6 Å². The maximum absolute atomic E-state index is 15.1. The molecule has 3 aromatic rings. The summed E-state index contributed by atoms with van der Waals surface area (Å²) in [6, 6.07) is 17.0. The Morgan fingerprint density at radius 2 is 1.55 bits per heavy atom. The first-order chi connectivity index (χ1) is 20.1. The zero-order chi connectivity index (χ0) is 30.0. The van der Waals surface area contributed by atoms with E-state index in [0.29, 0.717) is 28.5 Å². The SMILES string of the molecule is COc1cc(C(=O)C2C(C(=O)C(C)(C)C)N3C=Cc4ccccc4C3C23C(=O)Nc2ccccc23)cc(OC)c1OC. The standard InChI is InChI=1S/C34H34N2O6/c1-33(2,3)31(38)27-26(28(37)20-17-24(40-4)29(42-6)25(18-20)41-5)34(22-13-9-10-14-23(22)35-32(34)39)30-21-12-8-7-11-19(21)15-16-36(27)30/h7-18,26-27,30H,1-6H3,(H,35,39). The average Bonchev–Trinajstić information content (AvgIpc) is 3.47. The van der Waals surface area contributed by atoms with Gasteiger partial charge in [-0.1, -0.05) is 63.2 Å². The second kappa shape index (κ2) is 9.76. The van der Waals surface area contributed by atoms with Crippen LogP contribution < -0.4 is 19.5 Å². The Kier molecular flexibility index (Phi) is 6.40. The van der Waals surface area contributed by atoms with Crippen LogP contribution in [-0.2, 0) is 15.0 Å². The number of carbonyl (C=O) groups is 3. The molecule has 42 heavy (non-hydrogen) atoms. The largest absolute Gasteiger partial charge is 0.493 e. The van der Waals surface area contributed by atoms with E-state index in [1.165, 1.54) is 21.3 Å². The Bertz CT molecular complexity index is 1630. The van der Waals surface area contributed by atoms with Gasteiger partial charge in [-0.25, -0.2) is 0 Å². The van der Waals surface area contributed by atoms with E-state index in [2.05, 4.69) is 5.32 Å². The van der Waals surface area contributed by atoms with E-state index in [1.807, 2.05) is 86.5 Å². The van der Waals surface area contributed by atoms with Crippen molar-refractivity contribution < 1.29 is 28.6 Å². The van der Waals surface area contributed by atoms with Crippen molar-refractivity contribution >= 4 is 29.2 Å². The van der Waals surface area contributed by atoms with Gasteiger partial charge in [0.05, 0.1) is 39.3 Å². The van der Waals surface area contributed by atoms with Gasteiger partial charge >= 0.3 is 0 Å². The zero-order valence-corrected chi connectivity index (χ0v) is 24.6. The van der Waals surface area contributed by atoms with Crippen LogP contribution in [0.15, 0.2) is 66.9 Å². The van der Waals surface area contributed by atoms with Crippen LogP contribution in [-0.4, -0.2) is 49.7 Å². The molecular weight excluding hydrogens is 532 g/mol. The molecule has 1 fully saturated rings. The van der Waals surface area contributed by atoms with Crippen LogP contribution in [0.1, 0.15) is 53.9 Å². The third-order valence-electron chi connectivity index (χ3n) is 8.81. The summed E-state index contributed by atoms with van der Waals surface area (Å²) in [6.07, 6.45) is 3.83. The second-order valence-electron chi connectivity index (χ2n) is 12.0. The van der Waals surface area contributed by atoms with E-state index in [1.54, 1.807) is 12.1 Å². The minimum atomic E-state index is -1.40. The van der Waals surface area contributed by atoms with E-state index < -0.39 is 28.8 Å². The molecule has 3 aliphatic rings. The number of methoxy groups -OCH3 is 3. The Labute approximate surface area is 245 Å². The van der Waals surface area contributed by atoms with Crippen molar-refractivity contribution in [3.8, 4) is 17.2 Å². The number of nitrogens with one attached hydrogen (secondary N) is 1. The molecule has 1 spiro atoms. The van der Waals surface area contributed by atoms with Crippen molar-refractivity contribution in [1.82, 2.24) is 4.90 Å². The third-order valence-corrected chi connectivity index (χ3v) is 8.81. The lowest BCUT2D eigenvalue weighted by atomic mass is 9.62. The van der Waals surface area contributed by atoms with Crippen molar-refractivity contribution in [2.45, 2.75) is 38.3 Å². The first kappa shape index (κ1) is 27.6. The van der Waals surface area contributed by atoms with Gasteiger partial charge in [-0.05, 0) is 41.0 Å². The topological polar surface area (TPSA) is 94.2 Å². The molecule has 3 aliphatic heterocycles. The summed E-state index contributed by atoms with van der Waals surface area (Å²) in [4.78, 5) is 46.0. The van der Waals surface area contributed by atoms with Crippen molar-refractivity contribution in [2.24, 2.45) is 11.3 Å². The molecule has 0 radical (unpaired) electrons. The van der Waals surface area contributed by atoms with Crippen LogP contribution in [0, 0.1) is 11.3 Å². The molecule has 0 aliphatic carbocycles. The van der Waals surface area contributed by atoms with Crippen molar-refractivity contribution in [1.29, 1.82) is 0 Å². The maximum Gasteiger partial charge on any atom is 0.238 e. The highest BCUT2D eigenvalue weighted by molar-refractivity contribution is 6.15. The number of ketones is 2. The number of hydrogen-bond acceptors (Lipinski definition) is 7. The molecular formula is C34H34N2O6. The Morgan fingerprint density at radius 1 is 0.905 bits per heavy atom. The summed E-state index contributed by atoms with van der Waals surface area (Å²) < 4.78 is 16.6. The average molecular weight is 567 g/mol. The second-order valence-corrected chi connectivity index (χ2v) is 12.0. The number of rotatable bonds is 6. The van der Waals surface area contributed by atoms with Crippen molar-refractivity contribution in [3.05, 3.63) is 89.1 Å². The number of hydrogen-bond donors (Lipinski definition) is 1. The van der Waals surface area contributed by atoms with E-state index in [4.69, 9.17) is 14.2 Å². The quantitative estimate of drug-likeness (QED) is 0.398. The fraction of sp³-hybridized carbons (Fsp3) is 0.324. The third kappa shape index (κ3) is 3.70. The lowest BCUT2D eigenvalue weighted by Gasteiger charge is -2.38. The van der Waals surface area contributed by atoms with Gasteiger partial charge in [0.2, 0.25) is 11.7 Å². The number of Topliss-reactive ketones (excluding diaryl/α,β-unsaturated/α-hetero) is 2. The molecule has 8 nitrogen and oxygen atoms in total. The lowest BCUT2D eigenvalue weighted by molar-refractivity contribution is -0.131. The van der Waals surface area contributed by atoms with Gasteiger partial charge in [-0.3, -0.25) is 14.4 Å². The molecule has 1 N–H and O–H groups in total. The number of fused-ring (bicyclic) bond motifs is 6. The van der Waals surface area contributed by atoms with E-state index >= 15 is 4.79 Å². The number of amides is 1. The molecule has 4 atom stereocenters. The number of anilines is 1. The predicted molar refractivity (Wildman–Crippen MR) is 159 cm³/mol. The molecule has 4 unspecified atom stereocenters.